The topological polar surface area (TPSA) is 78.6 Å². The van der Waals surface area contributed by atoms with Crippen LogP contribution in [0.4, 0.5) is 0 Å². The lowest BCUT2D eigenvalue weighted by atomic mass is 10.4. The van der Waals surface area contributed by atoms with Gasteiger partial charge in [0, 0.05) is 5.75 Å². The Labute approximate surface area is 93.7 Å². The summed E-state index contributed by atoms with van der Waals surface area (Å²) in [6, 6.07) is -0.697. The summed E-state index contributed by atoms with van der Waals surface area (Å²) in [4.78, 5) is 22.1. The second kappa shape index (κ2) is 7.53. The van der Waals surface area contributed by atoms with Crippen molar-refractivity contribution in [2.75, 3.05) is 19.5 Å². The van der Waals surface area contributed by atoms with Crippen molar-refractivity contribution in [1.82, 2.24) is 0 Å². The Kier molecular flexibility index (Phi) is 7.15. The average Bonchev–Trinajstić information content (AvgIpc) is 2.24. The summed E-state index contributed by atoms with van der Waals surface area (Å²) in [6.07, 6.45) is 0. The van der Waals surface area contributed by atoms with Crippen molar-refractivity contribution in [3.05, 3.63) is 0 Å². The molecule has 15 heavy (non-hydrogen) atoms. The fraction of sp³-hybridized carbons (Fsp3) is 0.778. The van der Waals surface area contributed by atoms with E-state index in [1.165, 1.54) is 18.9 Å². The molecule has 0 aliphatic rings. The van der Waals surface area contributed by atoms with Gasteiger partial charge in [-0.2, -0.15) is 0 Å². The van der Waals surface area contributed by atoms with E-state index >= 15 is 0 Å². The molecule has 0 bridgehead atoms. The highest BCUT2D eigenvalue weighted by molar-refractivity contribution is 8.00. The van der Waals surface area contributed by atoms with Gasteiger partial charge in [-0.05, 0) is 13.8 Å². The number of hydrogen-bond donors (Lipinski definition) is 1. The summed E-state index contributed by atoms with van der Waals surface area (Å²) in [6.45, 7) is 3.81. The van der Waals surface area contributed by atoms with E-state index in [0.717, 1.165) is 0 Å². The van der Waals surface area contributed by atoms with Gasteiger partial charge in [0.15, 0.2) is 0 Å². The minimum atomic E-state index is -0.697. The van der Waals surface area contributed by atoms with E-state index < -0.39 is 12.0 Å². The maximum absolute atomic E-state index is 11.2. The third-order valence-electron chi connectivity index (χ3n) is 1.65. The molecule has 0 rings (SSSR count). The summed E-state index contributed by atoms with van der Waals surface area (Å²) < 4.78 is 9.26. The predicted octanol–water partition coefficient (Wildman–Crippen LogP) is 0.172. The minimum absolute atomic E-state index is 0.292. The van der Waals surface area contributed by atoms with Crippen LogP contribution in [-0.2, 0) is 19.1 Å². The number of esters is 2. The van der Waals surface area contributed by atoms with E-state index in [-0.39, 0.29) is 11.2 Å². The molecular formula is C9H17NO4S. The molecule has 0 spiro atoms. The molecule has 0 aromatic carbocycles. The number of carbonyl (C=O) groups excluding carboxylic acids is 2. The zero-order valence-corrected chi connectivity index (χ0v) is 10.0. The number of nitrogens with two attached hydrogens (primary N) is 1. The second-order valence-electron chi connectivity index (χ2n) is 2.86. The highest BCUT2D eigenvalue weighted by Gasteiger charge is 2.19. The van der Waals surface area contributed by atoms with Gasteiger partial charge in [0.05, 0.1) is 19.0 Å². The van der Waals surface area contributed by atoms with Crippen LogP contribution in [0.25, 0.3) is 0 Å². The van der Waals surface area contributed by atoms with Crippen LogP contribution in [0.15, 0.2) is 0 Å². The summed E-state index contributed by atoms with van der Waals surface area (Å²) in [7, 11) is 1.28. The van der Waals surface area contributed by atoms with Crippen molar-refractivity contribution in [2.45, 2.75) is 25.1 Å². The first-order valence-corrected chi connectivity index (χ1v) is 5.69. The zero-order chi connectivity index (χ0) is 11.8. The lowest BCUT2D eigenvalue weighted by Gasteiger charge is -2.12. The van der Waals surface area contributed by atoms with Crippen molar-refractivity contribution >= 4 is 23.7 Å². The number of rotatable bonds is 6. The average molecular weight is 235 g/mol. The molecule has 0 saturated heterocycles. The van der Waals surface area contributed by atoms with Crippen LogP contribution in [-0.4, -0.2) is 42.7 Å². The molecule has 5 nitrogen and oxygen atoms in total. The fourth-order valence-corrected chi connectivity index (χ4v) is 1.63. The van der Waals surface area contributed by atoms with E-state index in [2.05, 4.69) is 4.74 Å². The molecule has 2 atom stereocenters. The molecule has 0 aliphatic carbocycles. The SMILES string of the molecule is CCOC(=O)C(C)SCC(N)C(=O)OC. The number of hydrogen-bond acceptors (Lipinski definition) is 6. The third-order valence-corrected chi connectivity index (χ3v) is 2.89. The van der Waals surface area contributed by atoms with Gasteiger partial charge in [0.2, 0.25) is 0 Å². The number of methoxy groups -OCH3 is 1. The second-order valence-corrected chi connectivity index (χ2v) is 4.23. The molecule has 0 heterocycles. The molecule has 0 aromatic rings. The smallest absolute Gasteiger partial charge is 0.323 e. The molecule has 0 radical (unpaired) electrons. The van der Waals surface area contributed by atoms with Crippen LogP contribution >= 0.6 is 11.8 Å². The Morgan fingerprint density at radius 1 is 1.40 bits per heavy atom. The van der Waals surface area contributed by atoms with Gasteiger partial charge < -0.3 is 15.2 Å². The van der Waals surface area contributed by atoms with Gasteiger partial charge in [-0.3, -0.25) is 9.59 Å². The molecule has 0 aromatic heterocycles. The van der Waals surface area contributed by atoms with Crippen molar-refractivity contribution < 1.29 is 19.1 Å². The number of ether oxygens (including phenoxy) is 2. The Balaban J connectivity index is 3.84. The first-order chi connectivity index (χ1) is 7.02. The molecule has 2 N–H and O–H groups in total. The quantitative estimate of drug-likeness (QED) is 0.661. The van der Waals surface area contributed by atoms with E-state index in [1.807, 2.05) is 0 Å². The number of carbonyl (C=O) groups is 2. The molecule has 2 unspecified atom stereocenters. The maximum atomic E-state index is 11.2. The standard InChI is InChI=1S/C9H17NO4S/c1-4-14-8(11)6(2)15-5-7(10)9(12)13-3/h6-7H,4-5,10H2,1-3H3. The highest BCUT2D eigenvalue weighted by atomic mass is 32.2. The lowest BCUT2D eigenvalue weighted by molar-refractivity contribution is -0.143. The van der Waals surface area contributed by atoms with Gasteiger partial charge in [-0.15, -0.1) is 11.8 Å². The molecule has 0 aliphatic heterocycles. The van der Waals surface area contributed by atoms with Crippen molar-refractivity contribution in [2.24, 2.45) is 5.73 Å². The Morgan fingerprint density at radius 2 is 2.00 bits per heavy atom. The van der Waals surface area contributed by atoms with Crippen molar-refractivity contribution in [3.63, 3.8) is 0 Å². The van der Waals surface area contributed by atoms with Gasteiger partial charge in [-0.25, -0.2) is 0 Å². The minimum Gasteiger partial charge on any atom is -0.468 e. The van der Waals surface area contributed by atoms with Crippen LogP contribution in [0.1, 0.15) is 13.8 Å². The summed E-state index contributed by atoms with van der Waals surface area (Å²) in [5.74, 6) is -0.426. The molecule has 0 saturated carbocycles. The van der Waals surface area contributed by atoms with Crippen LogP contribution in [0, 0.1) is 0 Å². The van der Waals surface area contributed by atoms with Crippen molar-refractivity contribution in [3.8, 4) is 0 Å². The number of thioether (sulfide) groups is 1. The van der Waals surface area contributed by atoms with Crippen LogP contribution < -0.4 is 5.73 Å². The first-order valence-electron chi connectivity index (χ1n) is 4.64. The Hall–Kier alpha value is -0.750. The fourth-order valence-electron chi connectivity index (χ4n) is 0.795. The van der Waals surface area contributed by atoms with E-state index in [0.29, 0.717) is 12.4 Å². The van der Waals surface area contributed by atoms with Crippen LogP contribution in [0.3, 0.4) is 0 Å². The molecular weight excluding hydrogens is 218 g/mol. The largest absolute Gasteiger partial charge is 0.468 e. The van der Waals surface area contributed by atoms with Gasteiger partial charge in [0.25, 0.3) is 0 Å². The molecule has 6 heteroatoms. The third kappa shape index (κ3) is 5.64. The Bertz CT molecular complexity index is 222. The summed E-state index contributed by atoms with van der Waals surface area (Å²) in [5, 5.41) is -0.319. The lowest BCUT2D eigenvalue weighted by Crippen LogP contribution is -2.35. The highest BCUT2D eigenvalue weighted by Crippen LogP contribution is 2.13. The zero-order valence-electron chi connectivity index (χ0n) is 9.19. The summed E-state index contributed by atoms with van der Waals surface area (Å²) >= 11 is 1.28. The van der Waals surface area contributed by atoms with Gasteiger partial charge in [0.1, 0.15) is 6.04 Å². The van der Waals surface area contributed by atoms with Crippen molar-refractivity contribution in [1.29, 1.82) is 0 Å². The molecule has 0 amide bonds. The Morgan fingerprint density at radius 3 is 2.47 bits per heavy atom. The molecule has 0 fully saturated rings. The summed E-state index contributed by atoms with van der Waals surface area (Å²) in [5.41, 5.74) is 5.50. The van der Waals surface area contributed by atoms with Crippen LogP contribution in [0.5, 0.6) is 0 Å². The normalized spacial score (nSPS) is 14.1. The van der Waals surface area contributed by atoms with Crippen LogP contribution in [0.2, 0.25) is 0 Å². The van der Waals surface area contributed by atoms with E-state index in [4.69, 9.17) is 10.5 Å². The van der Waals surface area contributed by atoms with Gasteiger partial charge >= 0.3 is 11.9 Å². The predicted molar refractivity (Wildman–Crippen MR) is 58.5 cm³/mol. The van der Waals surface area contributed by atoms with E-state index in [1.54, 1.807) is 13.8 Å². The monoisotopic (exact) mass is 235 g/mol. The maximum Gasteiger partial charge on any atom is 0.323 e. The molecule has 88 valence electrons. The van der Waals surface area contributed by atoms with Gasteiger partial charge in [-0.1, -0.05) is 0 Å². The van der Waals surface area contributed by atoms with E-state index in [9.17, 15) is 9.59 Å². The first kappa shape index (κ1) is 14.2.